The van der Waals surface area contributed by atoms with Crippen LogP contribution in [-0.4, -0.2) is 32.4 Å². The monoisotopic (exact) mass is 482 g/mol. The van der Waals surface area contributed by atoms with Crippen molar-refractivity contribution in [3.63, 3.8) is 0 Å². The van der Waals surface area contributed by atoms with E-state index >= 15 is 0 Å². The molecule has 0 bridgehead atoms. The Bertz CT molecular complexity index is 1360. The molecule has 7 nitrogen and oxygen atoms in total. The number of amides is 1. The lowest BCUT2D eigenvalue weighted by Gasteiger charge is -2.24. The minimum Gasteiger partial charge on any atom is -0.449 e. The summed E-state index contributed by atoms with van der Waals surface area (Å²) in [6, 6.07) is 17.9. The highest BCUT2D eigenvalue weighted by Crippen LogP contribution is 2.36. The van der Waals surface area contributed by atoms with E-state index in [4.69, 9.17) is 4.74 Å². The van der Waals surface area contributed by atoms with Crippen molar-refractivity contribution in [3.05, 3.63) is 89.7 Å². The van der Waals surface area contributed by atoms with Crippen LogP contribution in [0.2, 0.25) is 0 Å². The summed E-state index contributed by atoms with van der Waals surface area (Å²) >= 11 is 0. The van der Waals surface area contributed by atoms with E-state index in [0.29, 0.717) is 12.1 Å². The second-order valence-corrected chi connectivity index (χ2v) is 9.87. The van der Waals surface area contributed by atoms with Crippen molar-refractivity contribution in [2.75, 3.05) is 9.62 Å². The Morgan fingerprint density at radius 2 is 1.79 bits per heavy atom. The van der Waals surface area contributed by atoms with Crippen molar-refractivity contribution < 1.29 is 27.1 Å². The number of benzene rings is 3. The van der Waals surface area contributed by atoms with Gasteiger partial charge in [0.05, 0.1) is 16.1 Å². The standard InChI is InChI=1S/C25H23FN2O5S/c1-16-13-18-7-3-4-12-23(18)28(16)34(31,32)22-11-5-8-19(14-22)25(30)33-17(2)24(29)27-21-10-6-9-20(26)15-21/h3-12,14-17H,13H2,1-2H3,(H,27,29). The van der Waals surface area contributed by atoms with E-state index in [1.54, 1.807) is 12.1 Å². The maximum atomic E-state index is 13.4. The summed E-state index contributed by atoms with van der Waals surface area (Å²) in [5, 5.41) is 2.47. The quantitative estimate of drug-likeness (QED) is 0.533. The fourth-order valence-electron chi connectivity index (χ4n) is 3.89. The molecule has 1 heterocycles. The SMILES string of the molecule is CC(OC(=O)c1cccc(S(=O)(=O)N2c3ccccc3CC2C)c1)C(=O)Nc1cccc(F)c1. The number of nitrogens with zero attached hydrogens (tertiary/aromatic N) is 1. The van der Waals surface area contributed by atoms with Crippen molar-refractivity contribution in [1.82, 2.24) is 0 Å². The molecule has 0 fully saturated rings. The third-order valence-corrected chi connectivity index (χ3v) is 7.44. The van der Waals surface area contributed by atoms with Crippen molar-refractivity contribution in [3.8, 4) is 0 Å². The number of rotatable bonds is 6. The average molecular weight is 483 g/mol. The number of hydrogen-bond donors (Lipinski definition) is 1. The second kappa shape index (κ2) is 9.26. The smallest absolute Gasteiger partial charge is 0.338 e. The largest absolute Gasteiger partial charge is 0.449 e. The number of anilines is 2. The summed E-state index contributed by atoms with van der Waals surface area (Å²) in [4.78, 5) is 24.9. The van der Waals surface area contributed by atoms with Crippen LogP contribution in [0.5, 0.6) is 0 Å². The number of nitrogens with one attached hydrogen (secondary N) is 1. The summed E-state index contributed by atoms with van der Waals surface area (Å²) in [5.74, 6) is -2.02. The van der Waals surface area contributed by atoms with E-state index in [-0.39, 0.29) is 22.2 Å². The highest BCUT2D eigenvalue weighted by Gasteiger charge is 2.36. The van der Waals surface area contributed by atoms with Crippen LogP contribution in [0.25, 0.3) is 0 Å². The Hall–Kier alpha value is -3.72. The highest BCUT2D eigenvalue weighted by molar-refractivity contribution is 7.92. The summed E-state index contributed by atoms with van der Waals surface area (Å²) in [6.45, 7) is 3.20. The predicted octanol–water partition coefficient (Wildman–Crippen LogP) is 4.15. The maximum absolute atomic E-state index is 13.4. The molecule has 0 saturated carbocycles. The molecule has 0 aromatic heterocycles. The second-order valence-electron chi connectivity index (χ2n) is 8.06. The van der Waals surface area contributed by atoms with Gasteiger partial charge in [0.1, 0.15) is 5.82 Å². The molecule has 176 valence electrons. The van der Waals surface area contributed by atoms with Gasteiger partial charge in [-0.05, 0) is 68.3 Å². The molecule has 2 atom stereocenters. The number of halogens is 1. The summed E-state index contributed by atoms with van der Waals surface area (Å²) in [7, 11) is -3.94. The van der Waals surface area contributed by atoms with Gasteiger partial charge in [0, 0.05) is 11.7 Å². The van der Waals surface area contributed by atoms with Crippen LogP contribution in [0.3, 0.4) is 0 Å². The molecular formula is C25H23FN2O5S. The minimum atomic E-state index is -3.94. The number of sulfonamides is 1. The normalized spacial score (nSPS) is 16.0. The first-order valence-corrected chi connectivity index (χ1v) is 12.1. The molecule has 34 heavy (non-hydrogen) atoms. The van der Waals surface area contributed by atoms with Gasteiger partial charge in [-0.2, -0.15) is 0 Å². The molecule has 1 aliphatic rings. The zero-order valence-electron chi connectivity index (χ0n) is 18.6. The lowest BCUT2D eigenvalue weighted by atomic mass is 10.1. The van der Waals surface area contributed by atoms with Crippen LogP contribution < -0.4 is 9.62 Å². The van der Waals surface area contributed by atoms with Gasteiger partial charge in [-0.15, -0.1) is 0 Å². The molecule has 4 rings (SSSR count). The summed E-state index contributed by atoms with van der Waals surface area (Å²) in [6.07, 6.45) is -0.601. The molecule has 3 aromatic rings. The Kier molecular flexibility index (Phi) is 6.39. The van der Waals surface area contributed by atoms with E-state index in [0.717, 1.165) is 11.6 Å². The number of ether oxygens (including phenoxy) is 1. The van der Waals surface area contributed by atoms with Crippen LogP contribution in [-0.2, 0) is 26.0 Å². The van der Waals surface area contributed by atoms with Gasteiger partial charge in [0.25, 0.3) is 15.9 Å². The van der Waals surface area contributed by atoms with Crippen LogP contribution in [0.4, 0.5) is 15.8 Å². The van der Waals surface area contributed by atoms with Crippen molar-refractivity contribution in [1.29, 1.82) is 0 Å². The zero-order valence-corrected chi connectivity index (χ0v) is 19.4. The van der Waals surface area contributed by atoms with Crippen LogP contribution >= 0.6 is 0 Å². The van der Waals surface area contributed by atoms with Crippen LogP contribution in [0, 0.1) is 5.82 Å². The Morgan fingerprint density at radius 3 is 2.56 bits per heavy atom. The minimum absolute atomic E-state index is 0.00776. The molecule has 1 amide bonds. The Morgan fingerprint density at radius 1 is 1.06 bits per heavy atom. The number of carbonyl (C=O) groups is 2. The van der Waals surface area contributed by atoms with E-state index < -0.39 is 33.8 Å². The molecule has 2 unspecified atom stereocenters. The molecule has 0 radical (unpaired) electrons. The lowest BCUT2D eigenvalue weighted by Crippen LogP contribution is -2.35. The Labute approximate surface area is 197 Å². The van der Waals surface area contributed by atoms with Crippen molar-refractivity contribution in [2.45, 2.75) is 37.3 Å². The molecule has 1 aliphatic heterocycles. The van der Waals surface area contributed by atoms with E-state index in [1.165, 1.54) is 53.7 Å². The first kappa shape index (κ1) is 23.4. The van der Waals surface area contributed by atoms with Gasteiger partial charge in [-0.3, -0.25) is 9.10 Å². The molecule has 9 heteroatoms. The van der Waals surface area contributed by atoms with Gasteiger partial charge >= 0.3 is 5.97 Å². The van der Waals surface area contributed by atoms with Gasteiger partial charge in [0.2, 0.25) is 0 Å². The third-order valence-electron chi connectivity index (χ3n) is 5.52. The van der Waals surface area contributed by atoms with Crippen molar-refractivity contribution >= 4 is 33.3 Å². The van der Waals surface area contributed by atoms with Crippen LogP contribution in [0.15, 0.2) is 77.7 Å². The first-order valence-electron chi connectivity index (χ1n) is 10.7. The van der Waals surface area contributed by atoms with Gasteiger partial charge in [-0.1, -0.05) is 30.3 Å². The van der Waals surface area contributed by atoms with E-state index in [2.05, 4.69) is 5.32 Å². The Balaban J connectivity index is 1.51. The molecule has 0 aliphatic carbocycles. The number of hydrogen-bond acceptors (Lipinski definition) is 5. The van der Waals surface area contributed by atoms with Gasteiger partial charge < -0.3 is 10.1 Å². The van der Waals surface area contributed by atoms with Crippen LogP contribution in [0.1, 0.15) is 29.8 Å². The van der Waals surface area contributed by atoms with Gasteiger partial charge in [0.15, 0.2) is 6.10 Å². The third kappa shape index (κ3) is 4.65. The molecule has 0 saturated heterocycles. The molecular weight excluding hydrogens is 459 g/mol. The fourth-order valence-corrected chi connectivity index (χ4v) is 5.63. The molecule has 0 spiro atoms. The predicted molar refractivity (Wildman–Crippen MR) is 126 cm³/mol. The van der Waals surface area contributed by atoms with E-state index in [1.807, 2.05) is 19.1 Å². The highest BCUT2D eigenvalue weighted by atomic mass is 32.2. The van der Waals surface area contributed by atoms with Crippen molar-refractivity contribution in [2.24, 2.45) is 0 Å². The average Bonchev–Trinajstić information content (AvgIpc) is 3.15. The number of carbonyl (C=O) groups excluding carboxylic acids is 2. The van der Waals surface area contributed by atoms with E-state index in [9.17, 15) is 22.4 Å². The topological polar surface area (TPSA) is 92.8 Å². The summed E-state index contributed by atoms with van der Waals surface area (Å²) in [5.41, 5.74) is 1.77. The molecule has 1 N–H and O–H groups in total. The molecule has 3 aromatic carbocycles. The first-order chi connectivity index (χ1) is 16.2. The van der Waals surface area contributed by atoms with Gasteiger partial charge in [-0.25, -0.2) is 17.6 Å². The number of para-hydroxylation sites is 1. The zero-order chi connectivity index (χ0) is 24.5. The number of fused-ring (bicyclic) bond motifs is 1. The lowest BCUT2D eigenvalue weighted by molar-refractivity contribution is -0.123. The summed E-state index contributed by atoms with van der Waals surface area (Å²) < 4.78 is 46.7. The maximum Gasteiger partial charge on any atom is 0.338 e. The number of esters is 1. The fraction of sp³-hybridized carbons (Fsp3) is 0.200.